The van der Waals surface area contributed by atoms with Gasteiger partial charge in [-0.1, -0.05) is 32.0 Å². The van der Waals surface area contributed by atoms with Gasteiger partial charge in [0.05, 0.1) is 6.61 Å². The Labute approximate surface area is 123 Å². The van der Waals surface area contributed by atoms with Crippen molar-refractivity contribution < 1.29 is 5.11 Å². The van der Waals surface area contributed by atoms with Crippen LogP contribution in [0, 0.1) is 0 Å². The molecule has 1 aromatic rings. The van der Waals surface area contributed by atoms with E-state index in [-0.39, 0.29) is 12.1 Å². The Kier molecular flexibility index (Phi) is 5.06. The van der Waals surface area contributed by atoms with E-state index in [1.54, 1.807) is 0 Å². The zero-order valence-electron chi connectivity index (χ0n) is 13.0. The second-order valence-corrected chi connectivity index (χ2v) is 6.49. The molecule has 0 fully saturated rings. The number of aliphatic hydroxyl groups is 1. The number of nitrogens with one attached hydrogen (secondary N) is 1. The second kappa shape index (κ2) is 6.59. The normalized spacial score (nSPS) is 17.9. The molecule has 1 aliphatic heterocycles. The van der Waals surface area contributed by atoms with Gasteiger partial charge in [0.15, 0.2) is 0 Å². The van der Waals surface area contributed by atoms with Gasteiger partial charge < -0.3 is 15.3 Å². The van der Waals surface area contributed by atoms with Gasteiger partial charge in [-0.25, -0.2) is 0 Å². The molecule has 0 amide bonds. The standard InChI is InChI=1S/C17H28N2O/c1-14(2)18-17(3,13-20)10-12-19-11-6-8-15-7-4-5-9-16(15)19/h4-5,7,9,14,18,20H,6,8,10-13H2,1-3H3. The number of aliphatic hydroxyl groups excluding tert-OH is 1. The van der Waals surface area contributed by atoms with Gasteiger partial charge in [0.25, 0.3) is 0 Å². The summed E-state index contributed by atoms with van der Waals surface area (Å²) in [6.45, 7) is 8.67. The van der Waals surface area contributed by atoms with Crippen LogP contribution >= 0.6 is 0 Å². The quantitative estimate of drug-likeness (QED) is 0.838. The number of hydrogen-bond donors (Lipinski definition) is 2. The molecular weight excluding hydrogens is 248 g/mol. The molecule has 20 heavy (non-hydrogen) atoms. The summed E-state index contributed by atoms with van der Waals surface area (Å²) >= 11 is 0. The van der Waals surface area contributed by atoms with Gasteiger partial charge >= 0.3 is 0 Å². The molecule has 0 saturated heterocycles. The van der Waals surface area contributed by atoms with Crippen LogP contribution in [0.4, 0.5) is 5.69 Å². The highest BCUT2D eigenvalue weighted by atomic mass is 16.3. The predicted molar refractivity (Wildman–Crippen MR) is 85.4 cm³/mol. The van der Waals surface area contributed by atoms with Crippen LogP contribution in [0.3, 0.4) is 0 Å². The summed E-state index contributed by atoms with van der Waals surface area (Å²) in [5.41, 5.74) is 2.64. The van der Waals surface area contributed by atoms with Crippen molar-refractivity contribution in [2.24, 2.45) is 0 Å². The highest BCUT2D eigenvalue weighted by molar-refractivity contribution is 5.55. The number of para-hydroxylation sites is 1. The van der Waals surface area contributed by atoms with Crippen LogP contribution in [0.15, 0.2) is 24.3 Å². The average Bonchev–Trinajstić information content (AvgIpc) is 2.44. The first-order valence-electron chi connectivity index (χ1n) is 7.75. The van der Waals surface area contributed by atoms with E-state index in [4.69, 9.17) is 0 Å². The average molecular weight is 276 g/mol. The molecule has 1 heterocycles. The molecule has 1 atom stereocenters. The van der Waals surface area contributed by atoms with Crippen molar-refractivity contribution in [1.29, 1.82) is 0 Å². The second-order valence-electron chi connectivity index (χ2n) is 6.49. The molecule has 0 bridgehead atoms. The number of aryl methyl sites for hydroxylation is 1. The minimum Gasteiger partial charge on any atom is -0.394 e. The number of nitrogens with zero attached hydrogens (tertiary/aromatic N) is 1. The van der Waals surface area contributed by atoms with Crippen molar-refractivity contribution in [3.8, 4) is 0 Å². The van der Waals surface area contributed by atoms with Crippen molar-refractivity contribution in [2.45, 2.75) is 51.6 Å². The Morgan fingerprint density at radius 3 is 2.80 bits per heavy atom. The first kappa shape index (κ1) is 15.3. The topological polar surface area (TPSA) is 35.5 Å². The van der Waals surface area contributed by atoms with Crippen LogP contribution in [0.25, 0.3) is 0 Å². The largest absolute Gasteiger partial charge is 0.394 e. The lowest BCUT2D eigenvalue weighted by Crippen LogP contribution is -2.51. The van der Waals surface area contributed by atoms with Crippen molar-refractivity contribution in [2.75, 3.05) is 24.6 Å². The van der Waals surface area contributed by atoms with E-state index in [2.05, 4.69) is 55.3 Å². The monoisotopic (exact) mass is 276 g/mol. The zero-order valence-corrected chi connectivity index (χ0v) is 13.0. The van der Waals surface area contributed by atoms with Crippen molar-refractivity contribution in [3.63, 3.8) is 0 Å². The van der Waals surface area contributed by atoms with Gasteiger partial charge in [-0.05, 0) is 37.8 Å². The molecule has 1 aromatic carbocycles. The molecule has 0 aliphatic carbocycles. The van der Waals surface area contributed by atoms with Gasteiger partial charge in [-0.15, -0.1) is 0 Å². The van der Waals surface area contributed by atoms with Gasteiger partial charge in [0.2, 0.25) is 0 Å². The van der Waals surface area contributed by atoms with E-state index in [0.29, 0.717) is 6.04 Å². The number of hydrogen-bond acceptors (Lipinski definition) is 3. The van der Waals surface area contributed by atoms with Gasteiger partial charge in [-0.3, -0.25) is 0 Å². The lowest BCUT2D eigenvalue weighted by Gasteiger charge is -2.36. The summed E-state index contributed by atoms with van der Waals surface area (Å²) in [5.74, 6) is 0. The first-order chi connectivity index (χ1) is 9.54. The van der Waals surface area contributed by atoms with Gasteiger partial charge in [0, 0.05) is 30.4 Å². The number of benzene rings is 1. The predicted octanol–water partition coefficient (Wildman–Crippen LogP) is 2.58. The third kappa shape index (κ3) is 3.74. The number of rotatable bonds is 6. The molecule has 2 N–H and O–H groups in total. The molecule has 0 aromatic heterocycles. The Balaban J connectivity index is 2.01. The Bertz CT molecular complexity index is 433. The lowest BCUT2D eigenvalue weighted by molar-refractivity contribution is 0.158. The smallest absolute Gasteiger partial charge is 0.0611 e. The fraction of sp³-hybridized carbons (Fsp3) is 0.647. The Morgan fingerprint density at radius 1 is 1.35 bits per heavy atom. The fourth-order valence-corrected chi connectivity index (χ4v) is 3.12. The minimum atomic E-state index is -0.194. The summed E-state index contributed by atoms with van der Waals surface area (Å²) < 4.78 is 0. The van der Waals surface area contributed by atoms with Crippen molar-refractivity contribution in [3.05, 3.63) is 29.8 Å². The molecule has 112 valence electrons. The summed E-state index contributed by atoms with van der Waals surface area (Å²) in [6.07, 6.45) is 3.37. The van der Waals surface area contributed by atoms with E-state index in [9.17, 15) is 5.11 Å². The van der Waals surface area contributed by atoms with E-state index >= 15 is 0 Å². The molecule has 1 unspecified atom stereocenters. The Hall–Kier alpha value is -1.06. The first-order valence-corrected chi connectivity index (χ1v) is 7.75. The van der Waals surface area contributed by atoms with E-state index < -0.39 is 0 Å². The van der Waals surface area contributed by atoms with Crippen LogP contribution in [0.1, 0.15) is 39.2 Å². The molecule has 2 rings (SSSR count). The highest BCUT2D eigenvalue weighted by Crippen LogP contribution is 2.27. The van der Waals surface area contributed by atoms with Crippen LogP contribution in [0.5, 0.6) is 0 Å². The molecular formula is C17H28N2O. The maximum Gasteiger partial charge on any atom is 0.0611 e. The summed E-state index contributed by atoms with van der Waals surface area (Å²) in [4.78, 5) is 2.47. The molecule has 1 aliphatic rings. The van der Waals surface area contributed by atoms with Crippen molar-refractivity contribution >= 4 is 5.69 Å². The fourth-order valence-electron chi connectivity index (χ4n) is 3.12. The summed E-state index contributed by atoms with van der Waals surface area (Å²) in [7, 11) is 0. The molecule has 3 heteroatoms. The third-order valence-corrected chi connectivity index (χ3v) is 4.13. The van der Waals surface area contributed by atoms with E-state index in [1.807, 2.05) is 0 Å². The Morgan fingerprint density at radius 2 is 2.10 bits per heavy atom. The SMILES string of the molecule is CC(C)NC(C)(CO)CCN1CCCc2ccccc21. The van der Waals surface area contributed by atoms with Gasteiger partial charge in [0.1, 0.15) is 0 Å². The maximum atomic E-state index is 9.68. The van der Waals surface area contributed by atoms with Crippen LogP contribution in [-0.4, -0.2) is 36.4 Å². The third-order valence-electron chi connectivity index (χ3n) is 4.13. The number of fused-ring (bicyclic) bond motifs is 1. The van der Waals surface area contributed by atoms with Crippen LogP contribution in [0.2, 0.25) is 0 Å². The molecule has 0 saturated carbocycles. The maximum absolute atomic E-state index is 9.68. The lowest BCUT2D eigenvalue weighted by atomic mass is 9.95. The van der Waals surface area contributed by atoms with Crippen LogP contribution < -0.4 is 10.2 Å². The zero-order chi connectivity index (χ0) is 14.6. The molecule has 0 spiro atoms. The molecule has 3 nitrogen and oxygen atoms in total. The highest BCUT2D eigenvalue weighted by Gasteiger charge is 2.25. The van der Waals surface area contributed by atoms with Gasteiger partial charge in [-0.2, -0.15) is 0 Å². The van der Waals surface area contributed by atoms with Crippen molar-refractivity contribution in [1.82, 2.24) is 5.32 Å². The van der Waals surface area contributed by atoms with E-state index in [0.717, 1.165) is 19.5 Å². The summed E-state index contributed by atoms with van der Waals surface area (Å²) in [5, 5.41) is 13.2. The number of anilines is 1. The van der Waals surface area contributed by atoms with Crippen LogP contribution in [-0.2, 0) is 6.42 Å². The minimum absolute atomic E-state index is 0.181. The molecule has 0 radical (unpaired) electrons. The summed E-state index contributed by atoms with van der Waals surface area (Å²) in [6, 6.07) is 9.09. The van der Waals surface area contributed by atoms with E-state index in [1.165, 1.54) is 24.1 Å².